The summed E-state index contributed by atoms with van der Waals surface area (Å²) in [5.74, 6) is 0. The van der Waals surface area contributed by atoms with Gasteiger partial charge in [0, 0.05) is 31.6 Å². The topological polar surface area (TPSA) is 65.5 Å². The first kappa shape index (κ1) is 23.1. The van der Waals surface area contributed by atoms with Gasteiger partial charge in [-0.1, -0.05) is 17.7 Å². The highest BCUT2D eigenvalue weighted by molar-refractivity contribution is 6.32. The average molecular weight is 454 g/mol. The molecule has 31 heavy (non-hydrogen) atoms. The quantitative estimate of drug-likeness (QED) is 0.645. The third-order valence-corrected chi connectivity index (χ3v) is 5.39. The van der Waals surface area contributed by atoms with Gasteiger partial charge in [0.15, 0.2) is 0 Å². The summed E-state index contributed by atoms with van der Waals surface area (Å²) < 4.78 is 38.7. The van der Waals surface area contributed by atoms with E-state index >= 15 is 0 Å². The van der Waals surface area contributed by atoms with Gasteiger partial charge in [0.2, 0.25) is 0 Å². The number of carbonyl (C=O) groups is 1. The van der Waals surface area contributed by atoms with Crippen molar-refractivity contribution in [1.82, 2.24) is 9.88 Å². The fourth-order valence-electron chi connectivity index (χ4n) is 3.46. The van der Waals surface area contributed by atoms with Gasteiger partial charge in [0.1, 0.15) is 0 Å². The first-order valence-corrected chi connectivity index (χ1v) is 10.3. The SMILES string of the molecule is Cc1cc(NC(=O)N2CC=C(c3ncc(CCCO)cc3Cl)CC2)ccc1C(F)(F)F. The highest BCUT2D eigenvalue weighted by atomic mass is 35.5. The number of anilines is 1. The number of aryl methyl sites for hydroxylation is 2. The molecule has 0 aliphatic carbocycles. The second-order valence-electron chi connectivity index (χ2n) is 7.38. The van der Waals surface area contributed by atoms with Crippen molar-refractivity contribution in [2.75, 3.05) is 25.0 Å². The van der Waals surface area contributed by atoms with E-state index in [1.54, 1.807) is 11.1 Å². The molecule has 1 aliphatic heterocycles. The molecule has 0 radical (unpaired) electrons. The largest absolute Gasteiger partial charge is 0.416 e. The standard InChI is InChI=1S/C22H23ClF3N3O2/c1-14-11-17(4-5-18(14)22(24,25)26)28-21(31)29-8-6-16(7-9-29)20-19(23)12-15(13-27-20)3-2-10-30/h4-6,11-13,30H,2-3,7-10H2,1H3,(H,28,31). The fourth-order valence-corrected chi connectivity index (χ4v) is 3.77. The van der Waals surface area contributed by atoms with Gasteiger partial charge in [0.25, 0.3) is 0 Å². The van der Waals surface area contributed by atoms with Crippen LogP contribution in [0.5, 0.6) is 0 Å². The Labute approximate surface area is 183 Å². The Hall–Kier alpha value is -2.58. The van der Waals surface area contributed by atoms with Gasteiger partial charge in [-0.05, 0) is 67.2 Å². The molecule has 1 aromatic heterocycles. The Kier molecular flexibility index (Phi) is 7.23. The van der Waals surface area contributed by atoms with Crippen LogP contribution in [0.25, 0.3) is 5.57 Å². The molecule has 1 aliphatic rings. The van der Waals surface area contributed by atoms with Crippen LogP contribution < -0.4 is 5.32 Å². The summed E-state index contributed by atoms with van der Waals surface area (Å²) in [5, 5.41) is 12.1. The number of pyridine rings is 1. The van der Waals surface area contributed by atoms with Gasteiger partial charge in [-0.3, -0.25) is 4.98 Å². The molecule has 0 bridgehead atoms. The lowest BCUT2D eigenvalue weighted by Gasteiger charge is -2.27. The number of aliphatic hydroxyl groups excluding tert-OH is 1. The van der Waals surface area contributed by atoms with E-state index < -0.39 is 11.7 Å². The maximum atomic E-state index is 12.9. The molecule has 2 N–H and O–H groups in total. The van der Waals surface area contributed by atoms with Gasteiger partial charge >= 0.3 is 12.2 Å². The van der Waals surface area contributed by atoms with E-state index in [0.29, 0.717) is 48.8 Å². The normalized spacial score (nSPS) is 14.4. The molecule has 2 heterocycles. The van der Waals surface area contributed by atoms with E-state index in [9.17, 15) is 18.0 Å². The van der Waals surface area contributed by atoms with Crippen molar-refractivity contribution in [1.29, 1.82) is 0 Å². The number of alkyl halides is 3. The number of aliphatic hydroxyl groups is 1. The predicted molar refractivity (Wildman–Crippen MR) is 114 cm³/mol. The number of nitrogens with one attached hydrogen (secondary N) is 1. The van der Waals surface area contributed by atoms with Crippen LogP contribution >= 0.6 is 11.6 Å². The van der Waals surface area contributed by atoms with E-state index in [4.69, 9.17) is 16.7 Å². The number of amides is 2. The van der Waals surface area contributed by atoms with Crippen LogP contribution in [0.15, 0.2) is 36.5 Å². The summed E-state index contributed by atoms with van der Waals surface area (Å²) in [6.45, 7) is 2.24. The minimum atomic E-state index is -4.42. The minimum absolute atomic E-state index is 0.0503. The minimum Gasteiger partial charge on any atom is -0.396 e. The third-order valence-electron chi connectivity index (χ3n) is 5.10. The molecule has 3 rings (SSSR count). The maximum absolute atomic E-state index is 12.9. The number of aromatic nitrogens is 1. The fraction of sp³-hybridized carbons (Fsp3) is 0.364. The molecular formula is C22H23ClF3N3O2. The molecule has 0 spiro atoms. The number of nitrogens with zero attached hydrogens (tertiary/aromatic N) is 2. The Morgan fingerprint density at radius 3 is 2.68 bits per heavy atom. The van der Waals surface area contributed by atoms with E-state index in [1.165, 1.54) is 19.1 Å². The van der Waals surface area contributed by atoms with Crippen molar-refractivity contribution in [3.63, 3.8) is 0 Å². The van der Waals surface area contributed by atoms with Gasteiger partial charge in [0.05, 0.1) is 16.3 Å². The molecule has 2 aromatic rings. The number of hydrogen-bond donors (Lipinski definition) is 2. The van der Waals surface area contributed by atoms with Crippen molar-refractivity contribution in [3.05, 3.63) is 63.9 Å². The summed E-state index contributed by atoms with van der Waals surface area (Å²) in [4.78, 5) is 18.5. The second-order valence-corrected chi connectivity index (χ2v) is 7.79. The van der Waals surface area contributed by atoms with Crippen LogP contribution in [0, 0.1) is 6.92 Å². The molecular weight excluding hydrogens is 431 g/mol. The molecule has 0 saturated heterocycles. The summed E-state index contributed by atoms with van der Waals surface area (Å²) in [5.41, 5.74) is 2.21. The van der Waals surface area contributed by atoms with Gasteiger partial charge in [-0.2, -0.15) is 13.2 Å². The van der Waals surface area contributed by atoms with Crippen molar-refractivity contribution >= 4 is 28.9 Å². The van der Waals surface area contributed by atoms with Crippen LogP contribution in [0.4, 0.5) is 23.7 Å². The summed E-state index contributed by atoms with van der Waals surface area (Å²) in [6, 6.07) is 4.99. The van der Waals surface area contributed by atoms with Crippen molar-refractivity contribution < 1.29 is 23.1 Å². The molecule has 0 atom stereocenters. The number of urea groups is 1. The van der Waals surface area contributed by atoms with Gasteiger partial charge < -0.3 is 15.3 Å². The first-order chi connectivity index (χ1) is 14.7. The number of hydrogen-bond acceptors (Lipinski definition) is 3. The van der Waals surface area contributed by atoms with Gasteiger partial charge in [-0.25, -0.2) is 4.79 Å². The highest BCUT2D eigenvalue weighted by Crippen LogP contribution is 2.33. The number of halogens is 4. The Bertz CT molecular complexity index is 992. The molecule has 0 fully saturated rings. The number of benzene rings is 1. The first-order valence-electron chi connectivity index (χ1n) is 9.87. The summed E-state index contributed by atoms with van der Waals surface area (Å²) >= 11 is 6.37. The zero-order valence-electron chi connectivity index (χ0n) is 17.0. The van der Waals surface area contributed by atoms with E-state index in [0.717, 1.165) is 17.2 Å². The smallest absolute Gasteiger partial charge is 0.396 e. The van der Waals surface area contributed by atoms with E-state index in [-0.39, 0.29) is 18.2 Å². The molecule has 166 valence electrons. The Balaban J connectivity index is 1.63. The van der Waals surface area contributed by atoms with Crippen molar-refractivity contribution in [2.45, 2.75) is 32.4 Å². The van der Waals surface area contributed by atoms with Crippen LogP contribution in [-0.4, -0.2) is 40.7 Å². The maximum Gasteiger partial charge on any atom is 0.416 e. The van der Waals surface area contributed by atoms with Gasteiger partial charge in [-0.15, -0.1) is 0 Å². The molecule has 0 saturated carbocycles. The lowest BCUT2D eigenvalue weighted by Crippen LogP contribution is -2.38. The number of carbonyl (C=O) groups excluding carboxylic acids is 1. The Morgan fingerprint density at radius 2 is 2.10 bits per heavy atom. The average Bonchev–Trinajstić information content (AvgIpc) is 2.71. The van der Waals surface area contributed by atoms with E-state index in [1.807, 2.05) is 12.1 Å². The van der Waals surface area contributed by atoms with Crippen molar-refractivity contribution in [2.24, 2.45) is 0 Å². The second kappa shape index (κ2) is 9.70. The molecule has 1 aromatic carbocycles. The lowest BCUT2D eigenvalue weighted by atomic mass is 10.0. The zero-order chi connectivity index (χ0) is 22.6. The molecule has 0 unspecified atom stereocenters. The molecule has 5 nitrogen and oxygen atoms in total. The number of rotatable bonds is 5. The summed E-state index contributed by atoms with van der Waals surface area (Å²) in [7, 11) is 0. The van der Waals surface area contributed by atoms with Crippen LogP contribution in [0.2, 0.25) is 5.02 Å². The highest BCUT2D eigenvalue weighted by Gasteiger charge is 2.32. The monoisotopic (exact) mass is 453 g/mol. The predicted octanol–water partition coefficient (Wildman–Crippen LogP) is 5.31. The molecule has 2 amide bonds. The third kappa shape index (κ3) is 5.77. The zero-order valence-corrected chi connectivity index (χ0v) is 17.7. The van der Waals surface area contributed by atoms with Crippen LogP contribution in [-0.2, 0) is 12.6 Å². The van der Waals surface area contributed by atoms with E-state index in [2.05, 4.69) is 10.3 Å². The summed E-state index contributed by atoms with van der Waals surface area (Å²) in [6.07, 6.45) is 1.09. The van der Waals surface area contributed by atoms with Crippen LogP contribution in [0.3, 0.4) is 0 Å². The van der Waals surface area contributed by atoms with Crippen LogP contribution in [0.1, 0.15) is 35.2 Å². The lowest BCUT2D eigenvalue weighted by molar-refractivity contribution is -0.138. The Morgan fingerprint density at radius 1 is 1.32 bits per heavy atom. The molecule has 9 heteroatoms. The van der Waals surface area contributed by atoms with Crippen molar-refractivity contribution in [3.8, 4) is 0 Å².